The third kappa shape index (κ3) is 3.46. The normalized spacial score (nSPS) is 23.6. The van der Waals surface area contributed by atoms with E-state index in [1.54, 1.807) is 6.07 Å². The Hall–Kier alpha value is -1.66. The molecular formula is C14H22N4O2. The highest BCUT2D eigenvalue weighted by Crippen LogP contribution is 2.27. The Bertz CT molecular complexity index is 482. The van der Waals surface area contributed by atoms with Crippen LogP contribution in [0.5, 0.6) is 0 Å². The molecule has 6 heteroatoms. The minimum absolute atomic E-state index is 0.0108. The van der Waals surface area contributed by atoms with Crippen molar-refractivity contribution in [2.45, 2.75) is 26.8 Å². The average molecular weight is 278 g/mol. The molecule has 0 radical (unpaired) electrons. The fourth-order valence-electron chi connectivity index (χ4n) is 3.14. The average Bonchev–Trinajstić information content (AvgIpc) is 2.37. The molecule has 0 aliphatic carbocycles. The minimum Gasteiger partial charge on any atom is -0.318 e. The molecule has 6 nitrogen and oxygen atoms in total. The van der Waals surface area contributed by atoms with Crippen molar-refractivity contribution in [2.24, 2.45) is 17.7 Å². The molecule has 1 saturated heterocycles. The maximum absolute atomic E-state index is 10.9. The molecule has 1 aromatic carbocycles. The predicted molar refractivity (Wildman–Crippen MR) is 79.1 cm³/mol. The van der Waals surface area contributed by atoms with E-state index in [0.29, 0.717) is 17.5 Å². The van der Waals surface area contributed by atoms with Gasteiger partial charge in [0.2, 0.25) is 0 Å². The summed E-state index contributed by atoms with van der Waals surface area (Å²) in [5.41, 5.74) is 3.84. The van der Waals surface area contributed by atoms with E-state index in [4.69, 9.17) is 5.84 Å². The van der Waals surface area contributed by atoms with Gasteiger partial charge in [0.25, 0.3) is 5.69 Å². The lowest BCUT2D eigenvalue weighted by atomic mass is 9.91. The van der Waals surface area contributed by atoms with Gasteiger partial charge in [0.05, 0.1) is 4.92 Å². The molecule has 1 fully saturated rings. The van der Waals surface area contributed by atoms with Gasteiger partial charge >= 0.3 is 0 Å². The zero-order valence-corrected chi connectivity index (χ0v) is 12.0. The number of nitrogens with one attached hydrogen (secondary N) is 1. The summed E-state index contributed by atoms with van der Waals surface area (Å²) in [5, 5.41) is 10.9. The molecule has 110 valence electrons. The van der Waals surface area contributed by atoms with E-state index in [-0.39, 0.29) is 5.69 Å². The van der Waals surface area contributed by atoms with Gasteiger partial charge in [-0.3, -0.25) is 20.9 Å². The van der Waals surface area contributed by atoms with Crippen molar-refractivity contribution in [2.75, 3.05) is 18.5 Å². The first-order valence-corrected chi connectivity index (χ1v) is 6.96. The summed E-state index contributed by atoms with van der Waals surface area (Å²) < 4.78 is 0. The second-order valence-electron chi connectivity index (χ2n) is 5.89. The van der Waals surface area contributed by atoms with Crippen LogP contribution in [0.4, 0.5) is 11.4 Å². The van der Waals surface area contributed by atoms with Crippen molar-refractivity contribution in [1.29, 1.82) is 0 Å². The van der Waals surface area contributed by atoms with Crippen LogP contribution in [0.2, 0.25) is 0 Å². The molecule has 0 bridgehead atoms. The van der Waals surface area contributed by atoms with Crippen molar-refractivity contribution >= 4 is 11.4 Å². The topological polar surface area (TPSA) is 84.4 Å². The number of hydrazine groups is 1. The Kier molecular flexibility index (Phi) is 4.57. The van der Waals surface area contributed by atoms with Crippen LogP contribution in [0, 0.1) is 22.0 Å². The van der Waals surface area contributed by atoms with Gasteiger partial charge in [0.15, 0.2) is 0 Å². The number of nitro groups is 1. The van der Waals surface area contributed by atoms with Gasteiger partial charge < -0.3 is 5.43 Å². The Morgan fingerprint density at radius 3 is 2.60 bits per heavy atom. The fraction of sp³-hybridized carbons (Fsp3) is 0.571. The first-order chi connectivity index (χ1) is 9.49. The molecule has 0 amide bonds. The smallest absolute Gasteiger partial charge is 0.293 e. The lowest BCUT2D eigenvalue weighted by Gasteiger charge is -2.35. The third-order valence-electron chi connectivity index (χ3n) is 3.76. The fourth-order valence-corrected chi connectivity index (χ4v) is 3.14. The van der Waals surface area contributed by atoms with Gasteiger partial charge in [-0.25, -0.2) is 0 Å². The summed E-state index contributed by atoms with van der Waals surface area (Å²) in [6.07, 6.45) is 1.27. The van der Waals surface area contributed by atoms with Crippen LogP contribution >= 0.6 is 0 Å². The number of anilines is 1. The zero-order chi connectivity index (χ0) is 14.7. The number of hydrogen-bond acceptors (Lipinski definition) is 5. The van der Waals surface area contributed by atoms with Crippen molar-refractivity contribution < 1.29 is 4.92 Å². The predicted octanol–water partition coefficient (Wildman–Crippen LogP) is 2.36. The molecule has 1 aliphatic rings. The highest BCUT2D eigenvalue weighted by molar-refractivity contribution is 5.62. The lowest BCUT2D eigenvalue weighted by Crippen LogP contribution is -2.38. The Balaban J connectivity index is 2.11. The van der Waals surface area contributed by atoms with Gasteiger partial charge in [-0.05, 0) is 29.9 Å². The van der Waals surface area contributed by atoms with E-state index in [1.807, 2.05) is 6.07 Å². The zero-order valence-electron chi connectivity index (χ0n) is 12.0. The summed E-state index contributed by atoms with van der Waals surface area (Å²) in [6.45, 7) is 7.50. The van der Waals surface area contributed by atoms with E-state index in [0.717, 1.165) is 25.2 Å². The summed E-state index contributed by atoms with van der Waals surface area (Å²) in [4.78, 5) is 12.8. The number of benzene rings is 1. The number of rotatable bonds is 4. The molecule has 2 rings (SSSR count). The molecule has 0 aromatic heterocycles. The van der Waals surface area contributed by atoms with Gasteiger partial charge in [-0.15, -0.1) is 0 Å². The molecule has 3 N–H and O–H groups in total. The summed E-state index contributed by atoms with van der Waals surface area (Å²) >= 11 is 0. The van der Waals surface area contributed by atoms with Crippen LogP contribution in [0.25, 0.3) is 0 Å². The van der Waals surface area contributed by atoms with Crippen molar-refractivity contribution in [1.82, 2.24) is 4.90 Å². The minimum atomic E-state index is -0.427. The maximum atomic E-state index is 10.9. The van der Waals surface area contributed by atoms with Gasteiger partial charge in [0, 0.05) is 25.7 Å². The summed E-state index contributed by atoms with van der Waals surface area (Å²) in [5.74, 6) is 6.76. The molecular weight excluding hydrogens is 256 g/mol. The van der Waals surface area contributed by atoms with Gasteiger partial charge in [-0.1, -0.05) is 19.9 Å². The van der Waals surface area contributed by atoms with E-state index in [1.165, 1.54) is 12.5 Å². The third-order valence-corrected chi connectivity index (χ3v) is 3.76. The second kappa shape index (κ2) is 6.19. The summed E-state index contributed by atoms with van der Waals surface area (Å²) in [7, 11) is 0. The van der Waals surface area contributed by atoms with Crippen molar-refractivity contribution in [3.8, 4) is 0 Å². The van der Waals surface area contributed by atoms with E-state index >= 15 is 0 Å². The summed E-state index contributed by atoms with van der Waals surface area (Å²) in [6, 6.07) is 5.09. The van der Waals surface area contributed by atoms with Crippen molar-refractivity contribution in [3.63, 3.8) is 0 Å². The van der Waals surface area contributed by atoms with Crippen LogP contribution in [0.3, 0.4) is 0 Å². The molecule has 1 aromatic rings. The number of nitrogen functional groups attached to an aromatic ring is 1. The first kappa shape index (κ1) is 14.7. The molecule has 1 aliphatic heterocycles. The van der Waals surface area contributed by atoms with E-state index in [9.17, 15) is 10.1 Å². The quantitative estimate of drug-likeness (QED) is 0.502. The molecule has 20 heavy (non-hydrogen) atoms. The lowest BCUT2D eigenvalue weighted by molar-refractivity contribution is -0.384. The number of likely N-dealkylation sites (tertiary alicyclic amines) is 1. The van der Waals surface area contributed by atoms with Crippen molar-refractivity contribution in [3.05, 3.63) is 33.9 Å². The van der Waals surface area contributed by atoms with Crippen LogP contribution < -0.4 is 11.3 Å². The van der Waals surface area contributed by atoms with Crippen LogP contribution in [0.15, 0.2) is 18.2 Å². The first-order valence-electron chi connectivity index (χ1n) is 6.96. The molecule has 0 saturated carbocycles. The monoisotopic (exact) mass is 278 g/mol. The molecule has 2 unspecified atom stereocenters. The number of piperidine rings is 1. The number of nitrogens with zero attached hydrogens (tertiary/aromatic N) is 2. The van der Waals surface area contributed by atoms with Gasteiger partial charge in [0.1, 0.15) is 5.69 Å². The molecule has 2 atom stereocenters. The highest BCUT2D eigenvalue weighted by Gasteiger charge is 2.22. The van der Waals surface area contributed by atoms with Gasteiger partial charge in [-0.2, -0.15) is 0 Å². The standard InChI is InChI=1S/C14H22N4O2/c1-10-5-11(2)8-17(7-10)9-12-3-4-14(18(19)20)13(6-12)16-15/h3-4,6,10-11,16H,5,7-9,15H2,1-2H3. The Labute approximate surface area is 119 Å². The van der Waals surface area contributed by atoms with E-state index < -0.39 is 4.92 Å². The maximum Gasteiger partial charge on any atom is 0.293 e. The second-order valence-corrected chi connectivity index (χ2v) is 5.89. The Morgan fingerprint density at radius 1 is 1.40 bits per heavy atom. The number of hydrogen-bond donors (Lipinski definition) is 2. The largest absolute Gasteiger partial charge is 0.318 e. The molecule has 1 heterocycles. The van der Waals surface area contributed by atoms with Crippen LogP contribution in [-0.4, -0.2) is 22.9 Å². The number of nitrogens with two attached hydrogens (primary N) is 1. The highest BCUT2D eigenvalue weighted by atomic mass is 16.6. The SMILES string of the molecule is CC1CC(C)CN(Cc2ccc([N+](=O)[O-])c(NN)c2)C1. The van der Waals surface area contributed by atoms with E-state index in [2.05, 4.69) is 24.2 Å². The molecule has 0 spiro atoms. The van der Waals surface area contributed by atoms with Crippen LogP contribution in [-0.2, 0) is 6.54 Å². The number of nitro benzene ring substituents is 1. The van der Waals surface area contributed by atoms with Crippen LogP contribution in [0.1, 0.15) is 25.8 Å². The Morgan fingerprint density at radius 2 is 2.05 bits per heavy atom.